The summed E-state index contributed by atoms with van der Waals surface area (Å²) in [6, 6.07) is 12.4. The van der Waals surface area contributed by atoms with E-state index in [4.69, 9.17) is 10.7 Å². The van der Waals surface area contributed by atoms with Gasteiger partial charge in [-0.15, -0.1) is 0 Å². The van der Waals surface area contributed by atoms with Gasteiger partial charge in [-0.2, -0.15) is 0 Å². The summed E-state index contributed by atoms with van der Waals surface area (Å²) >= 11 is 0. The number of aromatic nitrogens is 1. The number of benzene rings is 1. The van der Waals surface area contributed by atoms with Gasteiger partial charge in [0.15, 0.2) is 0 Å². The van der Waals surface area contributed by atoms with Crippen molar-refractivity contribution in [3.63, 3.8) is 0 Å². The van der Waals surface area contributed by atoms with Crippen LogP contribution in [0.15, 0.2) is 42.6 Å². The van der Waals surface area contributed by atoms with Crippen LogP contribution in [0.2, 0.25) is 0 Å². The van der Waals surface area contributed by atoms with Crippen molar-refractivity contribution in [2.24, 2.45) is 11.7 Å². The number of carbonyl (C=O) groups excluding carboxylic acids is 1. The van der Waals surface area contributed by atoms with Gasteiger partial charge in [-0.1, -0.05) is 36.4 Å². The summed E-state index contributed by atoms with van der Waals surface area (Å²) in [6.07, 6.45) is 4.90. The van der Waals surface area contributed by atoms with Gasteiger partial charge in [0.1, 0.15) is 0 Å². The van der Waals surface area contributed by atoms with Crippen LogP contribution >= 0.6 is 0 Å². The number of carbonyl (C=O) groups is 1. The molecule has 1 aromatic carbocycles. The van der Waals surface area contributed by atoms with E-state index in [1.165, 1.54) is 11.1 Å². The van der Waals surface area contributed by atoms with E-state index in [1.54, 1.807) is 0 Å². The molecule has 0 radical (unpaired) electrons. The van der Waals surface area contributed by atoms with Gasteiger partial charge >= 0.3 is 0 Å². The van der Waals surface area contributed by atoms with Crippen molar-refractivity contribution in [3.05, 3.63) is 65.0 Å². The highest BCUT2D eigenvalue weighted by Gasteiger charge is 2.38. The largest absolute Gasteiger partial charge is 0.349 e. The number of alkyl halides is 2. The summed E-state index contributed by atoms with van der Waals surface area (Å²) in [5, 5.41) is 6.95. The number of amides is 1. The molecule has 2 heterocycles. The van der Waals surface area contributed by atoms with Crippen LogP contribution in [0, 0.1) is 19.8 Å². The lowest BCUT2D eigenvalue weighted by molar-refractivity contribution is -0.130. The standard InChI is InChI=1S/C33H50F2N6O/c1-25-20-26(2)31(38-21-25)24-41(17-7-6-15-36)23-29-22-40(19-16-37-29)18-12-30(27-8-4-3-5-9-27)39-32(42)28-10-13-33(34,35)14-11-28/h3-5,8-9,20-21,28-30,37H,6-7,10-19,22-24,36H2,1-2H3,(H,39,42)/t29-,30+/m1/s1. The molecule has 1 amide bonds. The van der Waals surface area contributed by atoms with Crippen LogP contribution in [0.5, 0.6) is 0 Å². The number of unbranched alkanes of at least 4 members (excludes halogenated alkanes) is 1. The quantitative estimate of drug-likeness (QED) is 0.282. The smallest absolute Gasteiger partial charge is 0.248 e. The Morgan fingerprint density at radius 3 is 2.69 bits per heavy atom. The maximum Gasteiger partial charge on any atom is 0.248 e. The average molecular weight is 585 g/mol. The highest BCUT2D eigenvalue weighted by molar-refractivity contribution is 5.79. The summed E-state index contributed by atoms with van der Waals surface area (Å²) in [6.45, 7) is 11.3. The van der Waals surface area contributed by atoms with E-state index in [1.807, 2.05) is 36.5 Å². The molecule has 4 rings (SSSR count). The Balaban J connectivity index is 1.34. The number of nitrogens with two attached hydrogens (primary N) is 1. The van der Waals surface area contributed by atoms with Crippen molar-refractivity contribution in [2.75, 3.05) is 45.8 Å². The molecule has 0 bridgehead atoms. The third kappa shape index (κ3) is 10.1. The van der Waals surface area contributed by atoms with Crippen LogP contribution in [0.25, 0.3) is 0 Å². The lowest BCUT2D eigenvalue weighted by atomic mass is 9.86. The summed E-state index contributed by atoms with van der Waals surface area (Å²) in [7, 11) is 0. The Hall–Kier alpha value is -2.46. The normalized spacial score (nSPS) is 20.5. The molecule has 0 unspecified atom stereocenters. The number of halogens is 2. The van der Waals surface area contributed by atoms with Gasteiger partial charge < -0.3 is 21.3 Å². The summed E-state index contributed by atoms with van der Waals surface area (Å²) < 4.78 is 27.3. The number of aryl methyl sites for hydroxylation is 2. The molecule has 42 heavy (non-hydrogen) atoms. The van der Waals surface area contributed by atoms with Gasteiger partial charge in [-0.05, 0) is 75.7 Å². The second-order valence-electron chi connectivity index (χ2n) is 12.3. The lowest BCUT2D eigenvalue weighted by Crippen LogP contribution is -2.55. The Morgan fingerprint density at radius 2 is 1.98 bits per heavy atom. The molecule has 232 valence electrons. The average Bonchev–Trinajstić information content (AvgIpc) is 2.97. The number of hydrogen-bond acceptors (Lipinski definition) is 6. The Morgan fingerprint density at radius 1 is 1.21 bits per heavy atom. The van der Waals surface area contributed by atoms with Crippen LogP contribution < -0.4 is 16.4 Å². The molecule has 2 fully saturated rings. The molecule has 1 saturated heterocycles. The minimum Gasteiger partial charge on any atom is -0.349 e. The molecule has 9 heteroatoms. The van der Waals surface area contributed by atoms with Gasteiger partial charge in [0.25, 0.3) is 0 Å². The predicted molar refractivity (Wildman–Crippen MR) is 164 cm³/mol. The second kappa shape index (κ2) is 15.8. The maximum atomic E-state index is 13.7. The van der Waals surface area contributed by atoms with E-state index in [0.717, 1.165) is 76.3 Å². The fourth-order valence-corrected chi connectivity index (χ4v) is 6.28. The van der Waals surface area contributed by atoms with Gasteiger partial charge in [-0.3, -0.25) is 14.7 Å². The minimum absolute atomic E-state index is 0.0920. The first-order chi connectivity index (χ1) is 20.2. The molecule has 1 aliphatic carbocycles. The highest BCUT2D eigenvalue weighted by atomic mass is 19.3. The highest BCUT2D eigenvalue weighted by Crippen LogP contribution is 2.36. The van der Waals surface area contributed by atoms with Crippen molar-refractivity contribution in [3.8, 4) is 0 Å². The van der Waals surface area contributed by atoms with Crippen molar-refractivity contribution >= 4 is 5.91 Å². The molecule has 1 aromatic heterocycles. The fourth-order valence-electron chi connectivity index (χ4n) is 6.28. The second-order valence-corrected chi connectivity index (χ2v) is 12.3. The van der Waals surface area contributed by atoms with Crippen molar-refractivity contribution in [2.45, 2.75) is 83.3 Å². The molecule has 1 aliphatic heterocycles. The van der Waals surface area contributed by atoms with Gasteiger partial charge in [0, 0.05) is 70.3 Å². The molecular formula is C33H50F2N6O. The number of pyridine rings is 1. The zero-order chi connectivity index (χ0) is 30.0. The van der Waals surface area contributed by atoms with E-state index < -0.39 is 5.92 Å². The lowest BCUT2D eigenvalue weighted by Gasteiger charge is -2.37. The van der Waals surface area contributed by atoms with Gasteiger partial charge in [0.05, 0.1) is 11.7 Å². The Bertz CT molecular complexity index is 1110. The summed E-state index contributed by atoms with van der Waals surface area (Å²) in [5.74, 6) is -3.06. The zero-order valence-corrected chi connectivity index (χ0v) is 25.5. The first-order valence-corrected chi connectivity index (χ1v) is 15.8. The number of nitrogens with zero attached hydrogens (tertiary/aromatic N) is 3. The van der Waals surface area contributed by atoms with E-state index in [0.29, 0.717) is 12.6 Å². The van der Waals surface area contributed by atoms with Gasteiger partial charge in [0.2, 0.25) is 11.8 Å². The Labute approximate surface area is 250 Å². The van der Waals surface area contributed by atoms with Crippen molar-refractivity contribution in [1.29, 1.82) is 0 Å². The van der Waals surface area contributed by atoms with E-state index >= 15 is 0 Å². The van der Waals surface area contributed by atoms with Crippen molar-refractivity contribution < 1.29 is 13.6 Å². The van der Waals surface area contributed by atoms with E-state index in [-0.39, 0.29) is 43.6 Å². The predicted octanol–water partition coefficient (Wildman–Crippen LogP) is 4.59. The number of piperazine rings is 1. The molecule has 0 spiro atoms. The Kier molecular flexibility index (Phi) is 12.2. The van der Waals surface area contributed by atoms with Crippen LogP contribution in [0.4, 0.5) is 8.78 Å². The molecule has 2 atom stereocenters. The molecular weight excluding hydrogens is 534 g/mol. The van der Waals surface area contributed by atoms with E-state index in [9.17, 15) is 13.6 Å². The first kappa shape index (κ1) is 32.5. The third-order valence-corrected chi connectivity index (χ3v) is 8.78. The zero-order valence-electron chi connectivity index (χ0n) is 25.5. The summed E-state index contributed by atoms with van der Waals surface area (Å²) in [4.78, 5) is 22.8. The first-order valence-electron chi connectivity index (χ1n) is 15.8. The van der Waals surface area contributed by atoms with Crippen LogP contribution in [-0.2, 0) is 11.3 Å². The minimum atomic E-state index is -2.63. The topological polar surface area (TPSA) is 86.5 Å². The molecule has 4 N–H and O–H groups in total. The number of hydrogen-bond donors (Lipinski definition) is 3. The SMILES string of the molecule is Cc1cnc(CN(CCCCN)C[C@H]2CN(CC[C@H](NC(=O)C3CCC(F)(F)CC3)c3ccccc3)CCN2)c(C)c1. The molecule has 7 nitrogen and oxygen atoms in total. The maximum absolute atomic E-state index is 13.7. The molecule has 2 aromatic rings. The molecule has 1 saturated carbocycles. The monoisotopic (exact) mass is 584 g/mol. The number of nitrogens with one attached hydrogen (secondary N) is 2. The summed E-state index contributed by atoms with van der Waals surface area (Å²) in [5.41, 5.74) is 10.4. The van der Waals surface area contributed by atoms with Crippen LogP contribution in [0.3, 0.4) is 0 Å². The van der Waals surface area contributed by atoms with Crippen LogP contribution in [0.1, 0.15) is 73.4 Å². The van der Waals surface area contributed by atoms with Crippen molar-refractivity contribution in [1.82, 2.24) is 25.4 Å². The fraction of sp³-hybridized carbons (Fsp3) is 0.636. The third-order valence-electron chi connectivity index (χ3n) is 8.78. The van der Waals surface area contributed by atoms with Gasteiger partial charge in [-0.25, -0.2) is 8.78 Å². The molecule has 2 aliphatic rings. The van der Waals surface area contributed by atoms with E-state index in [2.05, 4.69) is 40.3 Å². The number of rotatable bonds is 14. The van der Waals surface area contributed by atoms with Crippen LogP contribution in [-0.4, -0.2) is 78.5 Å².